The van der Waals surface area contributed by atoms with Gasteiger partial charge in [-0.25, -0.2) is 0 Å². The van der Waals surface area contributed by atoms with E-state index in [9.17, 15) is 0 Å². The molecule has 1 heterocycles. The summed E-state index contributed by atoms with van der Waals surface area (Å²) in [6.45, 7) is 3.16. The van der Waals surface area contributed by atoms with E-state index in [1.165, 1.54) is 12.8 Å². The molecule has 0 bridgehead atoms. The van der Waals surface area contributed by atoms with Crippen LogP contribution in [0.25, 0.3) is 0 Å². The van der Waals surface area contributed by atoms with Crippen molar-refractivity contribution in [2.24, 2.45) is 0 Å². The Morgan fingerprint density at radius 1 is 1.71 bits per heavy atom. The van der Waals surface area contributed by atoms with Crippen LogP contribution >= 0.6 is 0 Å². The molecular weight excluding hydrogens is 90.1 g/mol. The van der Waals surface area contributed by atoms with E-state index in [0.717, 1.165) is 6.61 Å². The summed E-state index contributed by atoms with van der Waals surface area (Å²) in [6, 6.07) is 0. The smallest absolute Gasteiger partial charge is 0.0594 e. The van der Waals surface area contributed by atoms with Gasteiger partial charge in [-0.3, -0.25) is 0 Å². The molecule has 0 aromatic rings. The van der Waals surface area contributed by atoms with Crippen molar-refractivity contribution in [3.63, 3.8) is 0 Å². The summed E-state index contributed by atoms with van der Waals surface area (Å²) in [5.41, 5.74) is 0. The number of rotatable bonds is 1. The zero-order valence-corrected chi connectivity index (χ0v) is 4.81. The third-order valence-electron chi connectivity index (χ3n) is 1.25. The zero-order valence-electron chi connectivity index (χ0n) is 4.81. The van der Waals surface area contributed by atoms with E-state index in [-0.39, 0.29) is 6.15 Å². The molecule has 1 aliphatic rings. The number of hydrogen-bond donors (Lipinski definition) is 1. The maximum atomic E-state index is 5.08. The van der Waals surface area contributed by atoms with Gasteiger partial charge in [0.25, 0.3) is 0 Å². The molecule has 0 aliphatic carbocycles. The van der Waals surface area contributed by atoms with E-state index in [1.54, 1.807) is 0 Å². The van der Waals surface area contributed by atoms with Gasteiger partial charge < -0.3 is 10.9 Å². The third-order valence-corrected chi connectivity index (χ3v) is 1.25. The second kappa shape index (κ2) is 2.99. The lowest BCUT2D eigenvalue weighted by Crippen LogP contribution is -2.25. The fourth-order valence-electron chi connectivity index (χ4n) is 0.606. The van der Waals surface area contributed by atoms with Crippen molar-refractivity contribution in [1.29, 1.82) is 0 Å². The fraction of sp³-hybridized carbons (Fsp3) is 1.00. The first-order chi connectivity index (χ1) is 2.93. The maximum absolute atomic E-state index is 5.08. The van der Waals surface area contributed by atoms with E-state index < -0.39 is 0 Å². The van der Waals surface area contributed by atoms with Gasteiger partial charge in [-0.05, 0) is 12.8 Å². The molecule has 1 unspecified atom stereocenters. The first kappa shape index (κ1) is 6.92. The molecule has 3 N–H and O–H groups in total. The molecule has 1 saturated heterocycles. The molecule has 2 heteroatoms. The monoisotopic (exact) mass is 103 g/mol. The molecule has 0 amide bonds. The van der Waals surface area contributed by atoms with Crippen molar-refractivity contribution in [1.82, 2.24) is 6.15 Å². The average molecular weight is 103 g/mol. The molecule has 1 rings (SSSR count). The van der Waals surface area contributed by atoms with E-state index in [0.29, 0.717) is 6.10 Å². The van der Waals surface area contributed by atoms with Gasteiger partial charge in [0, 0.05) is 6.61 Å². The molecule has 2 nitrogen and oxygen atoms in total. The van der Waals surface area contributed by atoms with Crippen LogP contribution in [0.1, 0.15) is 19.8 Å². The molecule has 0 aromatic carbocycles. The van der Waals surface area contributed by atoms with E-state index in [2.05, 4.69) is 6.92 Å². The normalized spacial score (nSPS) is 27.9. The second-order valence-electron chi connectivity index (χ2n) is 1.69. The maximum Gasteiger partial charge on any atom is 0.0594 e. The van der Waals surface area contributed by atoms with Crippen LogP contribution in [0.3, 0.4) is 0 Å². The highest BCUT2D eigenvalue weighted by atomic mass is 16.5. The van der Waals surface area contributed by atoms with E-state index >= 15 is 0 Å². The molecule has 0 radical (unpaired) electrons. The van der Waals surface area contributed by atoms with Crippen LogP contribution in [0.4, 0.5) is 0 Å². The first-order valence-electron chi connectivity index (χ1n) is 2.55. The zero-order chi connectivity index (χ0) is 4.41. The lowest BCUT2D eigenvalue weighted by molar-refractivity contribution is -0.0516. The Labute approximate surface area is 44.4 Å². The fourth-order valence-corrected chi connectivity index (χ4v) is 0.606. The molecule has 0 spiro atoms. The second-order valence-corrected chi connectivity index (χ2v) is 1.69. The van der Waals surface area contributed by atoms with Crippen LogP contribution < -0.4 is 6.15 Å². The van der Waals surface area contributed by atoms with Crippen molar-refractivity contribution in [3.05, 3.63) is 0 Å². The van der Waals surface area contributed by atoms with Crippen LogP contribution in [0.15, 0.2) is 0 Å². The molecule has 44 valence electrons. The SMILES string of the molecule is CCC1CCO1.N. The topological polar surface area (TPSA) is 44.2 Å². The highest BCUT2D eigenvalue weighted by molar-refractivity contribution is 4.62. The Kier molecular flexibility index (Phi) is 2.96. The summed E-state index contributed by atoms with van der Waals surface area (Å²) >= 11 is 0. The van der Waals surface area contributed by atoms with Crippen LogP contribution in [0.5, 0.6) is 0 Å². The minimum Gasteiger partial charge on any atom is -0.378 e. The van der Waals surface area contributed by atoms with E-state index in [1.807, 2.05) is 0 Å². The minimum absolute atomic E-state index is 0. The largest absolute Gasteiger partial charge is 0.378 e. The van der Waals surface area contributed by atoms with Crippen molar-refractivity contribution in [2.45, 2.75) is 25.9 Å². The standard InChI is InChI=1S/C5H10O.H3N/c1-2-5-3-4-6-5;/h5H,2-4H2,1H3;1H3. The van der Waals surface area contributed by atoms with Gasteiger partial charge in [-0.15, -0.1) is 0 Å². The Morgan fingerprint density at radius 2 is 2.29 bits per heavy atom. The molecule has 1 aliphatic heterocycles. The first-order valence-corrected chi connectivity index (χ1v) is 2.55. The highest BCUT2D eigenvalue weighted by Gasteiger charge is 2.13. The predicted molar refractivity (Wildman–Crippen MR) is 29.7 cm³/mol. The molecule has 1 atom stereocenters. The van der Waals surface area contributed by atoms with Crippen molar-refractivity contribution in [3.8, 4) is 0 Å². The van der Waals surface area contributed by atoms with Crippen LogP contribution in [-0.4, -0.2) is 12.7 Å². The number of ether oxygens (including phenoxy) is 1. The van der Waals surface area contributed by atoms with Crippen molar-refractivity contribution in [2.75, 3.05) is 6.61 Å². The third kappa shape index (κ3) is 1.45. The molecular formula is C5H13NO. The Hall–Kier alpha value is -0.0800. The highest BCUT2D eigenvalue weighted by Crippen LogP contribution is 2.12. The lowest BCUT2D eigenvalue weighted by atomic mass is 10.1. The van der Waals surface area contributed by atoms with Crippen LogP contribution in [0.2, 0.25) is 0 Å². The van der Waals surface area contributed by atoms with Crippen molar-refractivity contribution >= 4 is 0 Å². The van der Waals surface area contributed by atoms with Gasteiger partial charge in [0.15, 0.2) is 0 Å². The minimum atomic E-state index is 0. The van der Waals surface area contributed by atoms with Crippen molar-refractivity contribution < 1.29 is 4.74 Å². The lowest BCUT2D eigenvalue weighted by Gasteiger charge is -2.24. The predicted octanol–water partition coefficient (Wildman–Crippen LogP) is 1.35. The molecule has 7 heavy (non-hydrogen) atoms. The van der Waals surface area contributed by atoms with Gasteiger partial charge >= 0.3 is 0 Å². The molecule has 0 aromatic heterocycles. The summed E-state index contributed by atoms with van der Waals surface area (Å²) in [5, 5.41) is 0. The Morgan fingerprint density at radius 3 is 2.29 bits per heavy atom. The van der Waals surface area contributed by atoms with Crippen LogP contribution in [-0.2, 0) is 4.74 Å². The van der Waals surface area contributed by atoms with Gasteiger partial charge in [0.05, 0.1) is 6.10 Å². The van der Waals surface area contributed by atoms with E-state index in [4.69, 9.17) is 4.74 Å². The summed E-state index contributed by atoms with van der Waals surface area (Å²) in [7, 11) is 0. The Bertz CT molecular complexity index is 40.6. The van der Waals surface area contributed by atoms with Gasteiger partial charge in [-0.1, -0.05) is 6.92 Å². The summed E-state index contributed by atoms with van der Waals surface area (Å²) in [4.78, 5) is 0. The molecule has 0 saturated carbocycles. The van der Waals surface area contributed by atoms with Gasteiger partial charge in [-0.2, -0.15) is 0 Å². The molecule has 1 fully saturated rings. The van der Waals surface area contributed by atoms with Gasteiger partial charge in [0.2, 0.25) is 0 Å². The summed E-state index contributed by atoms with van der Waals surface area (Å²) in [6.07, 6.45) is 3.10. The Balaban J connectivity index is 0.000000360. The summed E-state index contributed by atoms with van der Waals surface area (Å²) < 4.78 is 5.08. The quantitative estimate of drug-likeness (QED) is 0.544. The summed E-state index contributed by atoms with van der Waals surface area (Å²) in [5.74, 6) is 0. The van der Waals surface area contributed by atoms with Crippen LogP contribution in [0, 0.1) is 0 Å². The number of hydrogen-bond acceptors (Lipinski definition) is 2. The average Bonchev–Trinajstić information content (AvgIpc) is 1.31. The van der Waals surface area contributed by atoms with Gasteiger partial charge in [0.1, 0.15) is 0 Å².